The molecule has 2 heterocycles. The van der Waals surface area contributed by atoms with Gasteiger partial charge in [-0.25, -0.2) is 14.2 Å². The summed E-state index contributed by atoms with van der Waals surface area (Å²) < 4.78 is 25.2. The maximum Gasteiger partial charge on any atom is 0.408 e. The number of rotatable bonds is 7. The molecule has 176 valence electrons. The summed E-state index contributed by atoms with van der Waals surface area (Å²) in [5.41, 5.74) is 2.40. The summed E-state index contributed by atoms with van der Waals surface area (Å²) in [6.07, 6.45) is -0.365. The Morgan fingerprint density at radius 1 is 1.09 bits per heavy atom. The number of ether oxygens (including phenoxy) is 2. The average molecular weight is 462 g/mol. The van der Waals surface area contributed by atoms with E-state index >= 15 is 0 Å². The first-order valence-corrected chi connectivity index (χ1v) is 11.5. The number of alkyl carbamates (subject to hydrolysis) is 1. The summed E-state index contributed by atoms with van der Waals surface area (Å²) in [7, 11) is 0. The molecule has 2 aromatic carbocycles. The fourth-order valence-electron chi connectivity index (χ4n) is 4.46. The average Bonchev–Trinajstić information content (AvgIpc) is 3.23. The minimum Gasteiger partial charge on any atom is -0.474 e. The van der Waals surface area contributed by atoms with Crippen LogP contribution in [0, 0.1) is 17.7 Å². The number of nitrogens with one attached hydrogen (secondary N) is 2. The molecule has 3 aromatic rings. The van der Waals surface area contributed by atoms with Crippen molar-refractivity contribution in [1.29, 1.82) is 0 Å². The smallest absolute Gasteiger partial charge is 0.408 e. The van der Waals surface area contributed by atoms with Crippen molar-refractivity contribution in [3.8, 4) is 17.1 Å². The SMILES string of the molecule is CC(C)(NC(=O)OCc1ccccc1)c1cc(O[C@H]2[C@@H]3CNC[C@@H]32)nc(-c2ccc(F)cc2)c1. The fourth-order valence-corrected chi connectivity index (χ4v) is 4.46. The predicted octanol–water partition coefficient (Wildman–Crippen LogP) is 4.65. The molecule has 0 spiro atoms. The third-order valence-corrected chi connectivity index (χ3v) is 6.56. The van der Waals surface area contributed by atoms with Crippen LogP contribution in [-0.4, -0.2) is 30.3 Å². The van der Waals surface area contributed by atoms with Crippen LogP contribution in [0.5, 0.6) is 5.88 Å². The van der Waals surface area contributed by atoms with E-state index in [0.29, 0.717) is 23.4 Å². The third-order valence-electron chi connectivity index (χ3n) is 6.56. The molecular weight excluding hydrogens is 433 g/mol. The highest BCUT2D eigenvalue weighted by atomic mass is 19.1. The lowest BCUT2D eigenvalue weighted by atomic mass is 9.93. The molecule has 1 saturated heterocycles. The molecule has 7 heteroatoms. The Morgan fingerprint density at radius 3 is 2.50 bits per heavy atom. The second kappa shape index (κ2) is 9.06. The van der Waals surface area contributed by atoms with Gasteiger partial charge in [0.15, 0.2) is 0 Å². The molecule has 3 atom stereocenters. The number of carbonyl (C=O) groups excluding carboxylic acids is 1. The minimum absolute atomic E-state index is 0.150. The van der Waals surface area contributed by atoms with E-state index in [1.165, 1.54) is 12.1 Å². The molecule has 1 aromatic heterocycles. The molecule has 6 nitrogen and oxygen atoms in total. The first kappa shape index (κ1) is 22.3. The van der Waals surface area contributed by atoms with Gasteiger partial charge >= 0.3 is 6.09 Å². The largest absolute Gasteiger partial charge is 0.474 e. The highest BCUT2D eigenvalue weighted by molar-refractivity contribution is 5.69. The number of hydrogen-bond acceptors (Lipinski definition) is 5. The first-order valence-electron chi connectivity index (χ1n) is 11.5. The summed E-state index contributed by atoms with van der Waals surface area (Å²) in [5, 5.41) is 6.32. The summed E-state index contributed by atoms with van der Waals surface area (Å²) >= 11 is 0. The van der Waals surface area contributed by atoms with Crippen LogP contribution in [0.2, 0.25) is 0 Å². The summed E-state index contributed by atoms with van der Waals surface area (Å²) in [5.74, 6) is 1.22. The van der Waals surface area contributed by atoms with Crippen molar-refractivity contribution in [3.63, 3.8) is 0 Å². The van der Waals surface area contributed by atoms with Crippen molar-refractivity contribution in [2.75, 3.05) is 13.1 Å². The lowest BCUT2D eigenvalue weighted by Crippen LogP contribution is -2.41. The van der Waals surface area contributed by atoms with Crippen LogP contribution < -0.4 is 15.4 Å². The number of aromatic nitrogens is 1. The molecule has 1 saturated carbocycles. The second-order valence-corrected chi connectivity index (χ2v) is 9.47. The van der Waals surface area contributed by atoms with E-state index in [0.717, 1.165) is 29.8 Å². The normalized spacial score (nSPS) is 21.0. The summed E-state index contributed by atoms with van der Waals surface area (Å²) in [4.78, 5) is 17.3. The van der Waals surface area contributed by atoms with E-state index in [-0.39, 0.29) is 18.5 Å². The molecular formula is C27H28FN3O3. The molecule has 2 aliphatic rings. The van der Waals surface area contributed by atoms with Gasteiger partial charge in [-0.1, -0.05) is 30.3 Å². The number of piperidine rings is 1. The van der Waals surface area contributed by atoms with Gasteiger partial charge in [0.05, 0.1) is 11.2 Å². The van der Waals surface area contributed by atoms with Crippen molar-refractivity contribution in [2.45, 2.75) is 32.1 Å². The Hall–Kier alpha value is -3.45. The monoisotopic (exact) mass is 461 g/mol. The molecule has 1 amide bonds. The second-order valence-electron chi connectivity index (χ2n) is 9.47. The topological polar surface area (TPSA) is 72.5 Å². The predicted molar refractivity (Wildman–Crippen MR) is 127 cm³/mol. The van der Waals surface area contributed by atoms with E-state index in [1.807, 2.05) is 56.3 Å². The maximum atomic E-state index is 13.5. The van der Waals surface area contributed by atoms with E-state index < -0.39 is 11.6 Å². The number of carbonyl (C=O) groups is 1. The van der Waals surface area contributed by atoms with E-state index in [4.69, 9.17) is 14.5 Å². The van der Waals surface area contributed by atoms with Crippen LogP contribution in [0.15, 0.2) is 66.7 Å². The highest BCUT2D eigenvalue weighted by Gasteiger charge is 2.55. The van der Waals surface area contributed by atoms with Gasteiger partial charge in [-0.15, -0.1) is 0 Å². The number of benzene rings is 2. The minimum atomic E-state index is -0.759. The number of nitrogens with zero attached hydrogens (tertiary/aromatic N) is 1. The Kier molecular flexibility index (Phi) is 5.96. The first-order chi connectivity index (χ1) is 16.4. The quantitative estimate of drug-likeness (QED) is 0.536. The Morgan fingerprint density at radius 2 is 1.79 bits per heavy atom. The maximum absolute atomic E-state index is 13.5. The van der Waals surface area contributed by atoms with Crippen molar-refractivity contribution >= 4 is 6.09 Å². The molecule has 1 aliphatic heterocycles. The van der Waals surface area contributed by atoms with Crippen molar-refractivity contribution in [1.82, 2.24) is 15.6 Å². The number of halogens is 1. The lowest BCUT2D eigenvalue weighted by molar-refractivity contribution is 0.129. The van der Waals surface area contributed by atoms with Crippen LogP contribution in [0.25, 0.3) is 11.3 Å². The third kappa shape index (κ3) is 4.89. The fraction of sp³-hybridized carbons (Fsp3) is 0.333. The molecule has 2 fully saturated rings. The molecule has 0 radical (unpaired) electrons. The van der Waals surface area contributed by atoms with Crippen LogP contribution >= 0.6 is 0 Å². The van der Waals surface area contributed by atoms with Gasteiger partial charge in [-0.3, -0.25) is 0 Å². The molecule has 0 bridgehead atoms. The zero-order chi connectivity index (χ0) is 23.7. The van der Waals surface area contributed by atoms with Crippen LogP contribution in [0.3, 0.4) is 0 Å². The molecule has 1 aliphatic carbocycles. The molecule has 5 rings (SSSR count). The van der Waals surface area contributed by atoms with Gasteiger partial charge in [-0.05, 0) is 55.3 Å². The summed E-state index contributed by atoms with van der Waals surface area (Å²) in [6, 6.07) is 19.5. The number of amides is 1. The van der Waals surface area contributed by atoms with E-state index in [9.17, 15) is 9.18 Å². The number of hydrogen-bond donors (Lipinski definition) is 2. The van der Waals surface area contributed by atoms with Gasteiger partial charge in [0, 0.05) is 36.6 Å². The number of fused-ring (bicyclic) bond motifs is 1. The van der Waals surface area contributed by atoms with Crippen molar-refractivity contribution in [2.24, 2.45) is 11.8 Å². The van der Waals surface area contributed by atoms with Crippen molar-refractivity contribution < 1.29 is 18.7 Å². The van der Waals surface area contributed by atoms with Crippen LogP contribution in [0.1, 0.15) is 25.0 Å². The standard InChI is InChI=1S/C27H28FN3O3/c1-27(2,31-26(32)33-16-17-6-4-3-5-7-17)19-12-23(18-8-10-20(28)11-9-18)30-24(13-19)34-25-21-14-29-15-22(21)25/h3-13,21-22,25,29H,14-16H2,1-2H3,(H,31,32)/t21-,22+,25+. The van der Waals surface area contributed by atoms with Crippen molar-refractivity contribution in [3.05, 3.63) is 83.7 Å². The van der Waals surface area contributed by atoms with Gasteiger partial charge < -0.3 is 20.1 Å². The zero-order valence-corrected chi connectivity index (χ0v) is 19.3. The molecule has 2 N–H and O–H groups in total. The lowest BCUT2D eigenvalue weighted by Gasteiger charge is -2.27. The number of pyridine rings is 1. The van der Waals surface area contributed by atoms with Gasteiger partial charge in [0.2, 0.25) is 5.88 Å². The van der Waals surface area contributed by atoms with Gasteiger partial charge in [0.25, 0.3) is 0 Å². The van der Waals surface area contributed by atoms with Gasteiger partial charge in [-0.2, -0.15) is 0 Å². The van der Waals surface area contributed by atoms with E-state index in [2.05, 4.69) is 10.6 Å². The zero-order valence-electron chi connectivity index (χ0n) is 19.3. The summed E-state index contributed by atoms with van der Waals surface area (Å²) in [6.45, 7) is 5.91. The highest BCUT2D eigenvalue weighted by Crippen LogP contribution is 2.44. The van der Waals surface area contributed by atoms with E-state index in [1.54, 1.807) is 12.1 Å². The Balaban J connectivity index is 1.36. The Labute approximate surface area is 198 Å². The Bertz CT molecular complexity index is 1160. The van der Waals surface area contributed by atoms with Crippen LogP contribution in [-0.2, 0) is 16.9 Å². The molecule has 34 heavy (non-hydrogen) atoms. The van der Waals surface area contributed by atoms with Crippen LogP contribution in [0.4, 0.5) is 9.18 Å². The van der Waals surface area contributed by atoms with Gasteiger partial charge in [0.1, 0.15) is 18.5 Å². The molecule has 0 unspecified atom stereocenters.